The van der Waals surface area contributed by atoms with E-state index < -0.39 is 0 Å². The minimum absolute atomic E-state index is 0.0251. The molecule has 0 unspecified atom stereocenters. The number of carbonyl (C=O) groups excluding carboxylic acids is 1. The second-order valence-electron chi connectivity index (χ2n) is 6.72. The number of benzene rings is 2. The summed E-state index contributed by atoms with van der Waals surface area (Å²) in [6, 6.07) is 17.7. The Balaban J connectivity index is 1.59. The first-order valence-corrected chi connectivity index (χ1v) is 10.7. The van der Waals surface area contributed by atoms with E-state index in [1.807, 2.05) is 66.1 Å². The van der Waals surface area contributed by atoms with Gasteiger partial charge in [-0.1, -0.05) is 60.3 Å². The highest BCUT2D eigenvalue weighted by Crippen LogP contribution is 2.26. The average molecular weight is 423 g/mol. The molecule has 1 heterocycles. The van der Waals surface area contributed by atoms with Crippen molar-refractivity contribution in [3.8, 4) is 17.1 Å². The minimum atomic E-state index is -0.294. The number of ether oxygens (including phenoxy) is 1. The Morgan fingerprint density at radius 2 is 1.93 bits per heavy atom. The summed E-state index contributed by atoms with van der Waals surface area (Å²) in [5.74, 6) is 1.57. The van der Waals surface area contributed by atoms with Crippen molar-refractivity contribution in [3.05, 3.63) is 72.8 Å². The first kappa shape index (κ1) is 21.6. The van der Waals surface area contributed by atoms with Gasteiger partial charge < -0.3 is 10.1 Å². The van der Waals surface area contributed by atoms with Crippen molar-refractivity contribution in [2.75, 3.05) is 13.7 Å². The number of thioether (sulfide) groups is 1. The van der Waals surface area contributed by atoms with Crippen molar-refractivity contribution in [2.24, 2.45) is 0 Å². The van der Waals surface area contributed by atoms with Crippen LogP contribution in [0, 0.1) is 0 Å². The number of methoxy groups -OCH3 is 1. The van der Waals surface area contributed by atoms with E-state index in [4.69, 9.17) is 4.74 Å². The zero-order chi connectivity index (χ0) is 21.3. The van der Waals surface area contributed by atoms with Crippen molar-refractivity contribution in [1.82, 2.24) is 20.1 Å². The maximum atomic E-state index is 12.6. The molecule has 0 aliphatic rings. The van der Waals surface area contributed by atoms with Gasteiger partial charge in [0.15, 0.2) is 11.0 Å². The molecular formula is C23H26N4O2S. The number of rotatable bonds is 10. The molecule has 0 aliphatic heterocycles. The van der Waals surface area contributed by atoms with Crippen LogP contribution in [0.5, 0.6) is 5.75 Å². The zero-order valence-corrected chi connectivity index (χ0v) is 18.1. The van der Waals surface area contributed by atoms with Crippen LogP contribution in [0.4, 0.5) is 0 Å². The fraction of sp³-hybridized carbons (Fsp3) is 0.261. The van der Waals surface area contributed by atoms with Crippen LogP contribution in [0.2, 0.25) is 0 Å². The molecule has 0 spiro atoms. The molecule has 0 aliphatic carbocycles. The van der Waals surface area contributed by atoms with Crippen LogP contribution in [0.1, 0.15) is 12.5 Å². The van der Waals surface area contributed by atoms with Gasteiger partial charge in [-0.3, -0.25) is 9.36 Å². The summed E-state index contributed by atoms with van der Waals surface area (Å²) in [7, 11) is 1.65. The fourth-order valence-electron chi connectivity index (χ4n) is 2.95. The molecule has 6 nitrogen and oxygen atoms in total. The highest BCUT2D eigenvalue weighted by atomic mass is 32.2. The predicted molar refractivity (Wildman–Crippen MR) is 121 cm³/mol. The lowest BCUT2D eigenvalue weighted by molar-refractivity contribution is -0.120. The molecule has 7 heteroatoms. The van der Waals surface area contributed by atoms with E-state index in [9.17, 15) is 4.79 Å². The maximum absolute atomic E-state index is 12.6. The lowest BCUT2D eigenvalue weighted by atomic mass is 10.1. The van der Waals surface area contributed by atoms with Gasteiger partial charge in [0.05, 0.1) is 12.4 Å². The van der Waals surface area contributed by atoms with E-state index in [2.05, 4.69) is 22.1 Å². The van der Waals surface area contributed by atoms with E-state index in [-0.39, 0.29) is 11.2 Å². The third kappa shape index (κ3) is 5.51. The number of aromatic nitrogens is 3. The lowest BCUT2D eigenvalue weighted by Gasteiger charge is -2.13. The number of hydrogen-bond donors (Lipinski definition) is 1. The highest BCUT2D eigenvalue weighted by molar-refractivity contribution is 8.00. The number of allylic oxidation sites excluding steroid dienone is 1. The maximum Gasteiger partial charge on any atom is 0.233 e. The van der Waals surface area contributed by atoms with E-state index >= 15 is 0 Å². The Hall–Kier alpha value is -3.06. The van der Waals surface area contributed by atoms with Gasteiger partial charge in [0.1, 0.15) is 5.75 Å². The minimum Gasteiger partial charge on any atom is -0.497 e. The molecular weight excluding hydrogens is 396 g/mol. The Kier molecular flexibility index (Phi) is 7.68. The molecule has 0 radical (unpaired) electrons. The van der Waals surface area contributed by atoms with Crippen LogP contribution in [0.25, 0.3) is 11.4 Å². The molecule has 0 saturated carbocycles. The Labute approximate surface area is 181 Å². The third-order valence-electron chi connectivity index (χ3n) is 4.58. The number of nitrogens with one attached hydrogen (secondary N) is 1. The van der Waals surface area contributed by atoms with E-state index in [0.717, 1.165) is 29.1 Å². The van der Waals surface area contributed by atoms with Crippen LogP contribution >= 0.6 is 11.8 Å². The largest absolute Gasteiger partial charge is 0.497 e. The molecule has 2 aromatic carbocycles. The molecule has 30 heavy (non-hydrogen) atoms. The summed E-state index contributed by atoms with van der Waals surface area (Å²) in [5, 5.41) is 12.1. The van der Waals surface area contributed by atoms with Gasteiger partial charge in [0.25, 0.3) is 0 Å². The summed E-state index contributed by atoms with van der Waals surface area (Å²) >= 11 is 1.40. The summed E-state index contributed by atoms with van der Waals surface area (Å²) in [6.45, 7) is 6.86. The van der Waals surface area contributed by atoms with Gasteiger partial charge in [0, 0.05) is 18.7 Å². The van der Waals surface area contributed by atoms with Gasteiger partial charge in [-0.2, -0.15) is 0 Å². The van der Waals surface area contributed by atoms with E-state index in [1.165, 1.54) is 11.8 Å². The third-order valence-corrected chi connectivity index (χ3v) is 5.66. The van der Waals surface area contributed by atoms with Gasteiger partial charge in [-0.15, -0.1) is 16.8 Å². The first-order chi connectivity index (χ1) is 14.6. The standard InChI is InChI=1S/C23H26N4O2S/c1-4-16-27-21(19-8-6-5-7-9-19)25-26-23(27)30-17(2)22(28)24-15-14-18-10-12-20(29-3)13-11-18/h4-13,17H,1,14-16H2,2-3H3,(H,24,28)/t17-/m1/s1. The van der Waals surface area contributed by atoms with Crippen LogP contribution < -0.4 is 10.1 Å². The lowest BCUT2D eigenvalue weighted by Crippen LogP contribution is -2.32. The smallest absolute Gasteiger partial charge is 0.233 e. The summed E-state index contributed by atoms with van der Waals surface area (Å²) < 4.78 is 7.15. The van der Waals surface area contributed by atoms with Crippen molar-refractivity contribution in [2.45, 2.75) is 30.3 Å². The molecule has 1 atom stereocenters. The Bertz CT molecular complexity index is 971. The molecule has 3 aromatic rings. The topological polar surface area (TPSA) is 69.0 Å². The molecule has 0 saturated heterocycles. The normalized spacial score (nSPS) is 11.7. The van der Waals surface area contributed by atoms with Gasteiger partial charge in [-0.05, 0) is 31.0 Å². The second kappa shape index (κ2) is 10.6. The van der Waals surface area contributed by atoms with E-state index in [1.54, 1.807) is 13.2 Å². The van der Waals surface area contributed by atoms with Crippen LogP contribution in [0.15, 0.2) is 72.4 Å². The average Bonchev–Trinajstić information content (AvgIpc) is 3.17. The monoisotopic (exact) mass is 422 g/mol. The van der Waals surface area contributed by atoms with Crippen molar-refractivity contribution in [3.63, 3.8) is 0 Å². The molecule has 156 valence electrons. The summed E-state index contributed by atoms with van der Waals surface area (Å²) in [6.07, 6.45) is 2.57. The van der Waals surface area contributed by atoms with Crippen molar-refractivity contribution in [1.29, 1.82) is 0 Å². The second-order valence-corrected chi connectivity index (χ2v) is 8.03. The number of amides is 1. The number of carbonyl (C=O) groups is 1. The van der Waals surface area contributed by atoms with Crippen LogP contribution in [-0.2, 0) is 17.8 Å². The first-order valence-electron chi connectivity index (χ1n) is 9.79. The SMILES string of the molecule is C=CCn1c(S[C@H](C)C(=O)NCCc2ccc(OC)cc2)nnc1-c1ccccc1. The van der Waals surface area contributed by atoms with Gasteiger partial charge in [0.2, 0.25) is 5.91 Å². The zero-order valence-electron chi connectivity index (χ0n) is 17.2. The van der Waals surface area contributed by atoms with E-state index in [0.29, 0.717) is 18.2 Å². The van der Waals surface area contributed by atoms with Gasteiger partial charge in [-0.25, -0.2) is 0 Å². The highest BCUT2D eigenvalue weighted by Gasteiger charge is 2.20. The van der Waals surface area contributed by atoms with Crippen LogP contribution in [-0.4, -0.2) is 39.6 Å². The Morgan fingerprint density at radius 3 is 2.60 bits per heavy atom. The van der Waals surface area contributed by atoms with Gasteiger partial charge >= 0.3 is 0 Å². The quantitative estimate of drug-likeness (QED) is 0.395. The summed E-state index contributed by atoms with van der Waals surface area (Å²) in [5.41, 5.74) is 2.13. The number of nitrogens with zero attached hydrogens (tertiary/aromatic N) is 3. The number of hydrogen-bond acceptors (Lipinski definition) is 5. The molecule has 1 N–H and O–H groups in total. The predicted octanol–water partition coefficient (Wildman–Crippen LogP) is 3.98. The van der Waals surface area contributed by atoms with Crippen molar-refractivity contribution >= 4 is 17.7 Å². The molecule has 3 rings (SSSR count). The summed E-state index contributed by atoms with van der Waals surface area (Å²) in [4.78, 5) is 12.6. The van der Waals surface area contributed by atoms with Crippen LogP contribution in [0.3, 0.4) is 0 Å². The fourth-order valence-corrected chi connectivity index (χ4v) is 3.83. The molecule has 1 aromatic heterocycles. The molecule has 0 fully saturated rings. The molecule has 0 bridgehead atoms. The van der Waals surface area contributed by atoms with Crippen molar-refractivity contribution < 1.29 is 9.53 Å². The Morgan fingerprint density at radius 1 is 1.20 bits per heavy atom. The molecule has 1 amide bonds.